The van der Waals surface area contributed by atoms with E-state index in [9.17, 15) is 9.18 Å². The van der Waals surface area contributed by atoms with Crippen LogP contribution in [0.15, 0.2) is 35.1 Å². The molecule has 1 fully saturated rings. The summed E-state index contributed by atoms with van der Waals surface area (Å²) in [5, 5.41) is 0. The van der Waals surface area contributed by atoms with Gasteiger partial charge in [-0.3, -0.25) is 4.79 Å². The molecule has 1 aliphatic rings. The number of rotatable bonds is 2. The van der Waals surface area contributed by atoms with Crippen LogP contribution in [-0.2, 0) is 0 Å². The summed E-state index contributed by atoms with van der Waals surface area (Å²) in [5.74, 6) is 1.09. The Morgan fingerprint density at radius 3 is 2.48 bits per heavy atom. The van der Waals surface area contributed by atoms with Crippen LogP contribution < -0.4 is 15.4 Å². The lowest BCUT2D eigenvalue weighted by molar-refractivity contribution is 0.595. The summed E-state index contributed by atoms with van der Waals surface area (Å²) >= 11 is 0. The lowest BCUT2D eigenvalue weighted by Gasteiger charge is -2.36. The van der Waals surface area contributed by atoms with Crippen molar-refractivity contribution in [3.63, 3.8) is 0 Å². The van der Waals surface area contributed by atoms with E-state index < -0.39 is 0 Å². The number of H-pyrrole nitrogens is 1. The molecule has 0 aliphatic carbocycles. The number of benzene rings is 1. The van der Waals surface area contributed by atoms with Crippen LogP contribution in [0.4, 0.5) is 15.9 Å². The van der Waals surface area contributed by atoms with Crippen molar-refractivity contribution >= 4 is 11.5 Å². The van der Waals surface area contributed by atoms with Gasteiger partial charge in [-0.05, 0) is 19.1 Å². The van der Waals surface area contributed by atoms with Crippen molar-refractivity contribution < 1.29 is 4.39 Å². The first-order chi connectivity index (χ1) is 10.1. The van der Waals surface area contributed by atoms with Gasteiger partial charge >= 0.3 is 0 Å². The summed E-state index contributed by atoms with van der Waals surface area (Å²) in [6.07, 6.45) is 0. The predicted molar refractivity (Wildman–Crippen MR) is 80.4 cm³/mol. The normalized spacial score (nSPS) is 15.3. The topological polar surface area (TPSA) is 52.2 Å². The zero-order valence-corrected chi connectivity index (χ0v) is 11.8. The molecule has 1 aromatic heterocycles. The Hall–Kier alpha value is -2.37. The molecule has 0 radical (unpaired) electrons. The van der Waals surface area contributed by atoms with Crippen molar-refractivity contribution in [1.29, 1.82) is 0 Å². The summed E-state index contributed by atoms with van der Waals surface area (Å²) < 4.78 is 13.8. The highest BCUT2D eigenvalue weighted by Gasteiger charge is 2.20. The van der Waals surface area contributed by atoms with Gasteiger partial charge in [-0.25, -0.2) is 9.37 Å². The minimum Gasteiger partial charge on any atom is -0.366 e. The molecule has 0 unspecified atom stereocenters. The number of piperazine rings is 1. The molecule has 6 heteroatoms. The summed E-state index contributed by atoms with van der Waals surface area (Å²) in [6.45, 7) is 4.60. The van der Waals surface area contributed by atoms with Crippen LogP contribution >= 0.6 is 0 Å². The average Bonchev–Trinajstić information content (AvgIpc) is 2.47. The highest BCUT2D eigenvalue weighted by molar-refractivity contribution is 5.50. The number of anilines is 2. The molecule has 110 valence electrons. The minimum atomic E-state index is -0.198. The third-order valence-corrected chi connectivity index (χ3v) is 3.64. The van der Waals surface area contributed by atoms with E-state index in [0.717, 1.165) is 0 Å². The maximum Gasteiger partial charge on any atom is 0.252 e. The second-order valence-electron chi connectivity index (χ2n) is 5.11. The molecule has 2 aromatic rings. The Morgan fingerprint density at radius 2 is 1.81 bits per heavy atom. The molecule has 5 nitrogen and oxygen atoms in total. The molecular weight excluding hydrogens is 271 g/mol. The van der Waals surface area contributed by atoms with Gasteiger partial charge in [0, 0.05) is 32.2 Å². The van der Waals surface area contributed by atoms with Gasteiger partial charge in [0.15, 0.2) is 0 Å². The van der Waals surface area contributed by atoms with Crippen LogP contribution in [0.3, 0.4) is 0 Å². The van der Waals surface area contributed by atoms with E-state index in [1.807, 2.05) is 11.0 Å². The summed E-state index contributed by atoms with van der Waals surface area (Å²) in [7, 11) is 0. The molecule has 0 spiro atoms. The molecule has 21 heavy (non-hydrogen) atoms. The number of nitrogens with one attached hydrogen (secondary N) is 1. The molecule has 2 heterocycles. The first-order valence-electron chi connectivity index (χ1n) is 6.96. The molecule has 1 N–H and O–H groups in total. The van der Waals surface area contributed by atoms with Gasteiger partial charge in [-0.15, -0.1) is 0 Å². The smallest absolute Gasteiger partial charge is 0.252 e. The number of para-hydroxylation sites is 1. The van der Waals surface area contributed by atoms with Crippen LogP contribution in [-0.4, -0.2) is 36.1 Å². The third kappa shape index (κ3) is 2.89. The standard InChI is InChI=1S/C15H17FN4O/c1-11-17-14(10-15(21)18-11)20-8-6-19(7-9-20)13-5-3-2-4-12(13)16/h2-5,10H,6-9H2,1H3,(H,17,18,21). The molecule has 3 rings (SSSR count). The fraction of sp³-hybridized carbons (Fsp3) is 0.333. The fourth-order valence-electron chi connectivity index (χ4n) is 2.61. The van der Waals surface area contributed by atoms with Crippen LogP contribution in [0.1, 0.15) is 5.82 Å². The lowest BCUT2D eigenvalue weighted by atomic mass is 10.2. The summed E-state index contributed by atoms with van der Waals surface area (Å²) in [5.41, 5.74) is 0.487. The fourth-order valence-corrected chi connectivity index (χ4v) is 2.61. The lowest BCUT2D eigenvalue weighted by Crippen LogP contribution is -2.47. The van der Waals surface area contributed by atoms with Gasteiger partial charge in [0.2, 0.25) is 0 Å². The Kier molecular flexibility index (Phi) is 3.60. The average molecular weight is 288 g/mol. The summed E-state index contributed by atoms with van der Waals surface area (Å²) in [6, 6.07) is 8.31. The zero-order chi connectivity index (χ0) is 14.8. The number of aryl methyl sites for hydroxylation is 1. The van der Waals surface area contributed by atoms with Gasteiger partial charge in [-0.1, -0.05) is 12.1 Å². The van der Waals surface area contributed by atoms with Crippen LogP contribution in [0.25, 0.3) is 0 Å². The van der Waals surface area contributed by atoms with Crippen molar-refractivity contribution in [3.05, 3.63) is 52.3 Å². The maximum absolute atomic E-state index is 13.8. The molecule has 0 atom stereocenters. The van der Waals surface area contributed by atoms with Crippen molar-refractivity contribution in [2.24, 2.45) is 0 Å². The Morgan fingerprint density at radius 1 is 1.14 bits per heavy atom. The Labute approximate surface area is 122 Å². The number of hydrogen-bond donors (Lipinski definition) is 1. The van der Waals surface area contributed by atoms with Gasteiger partial charge in [0.1, 0.15) is 17.5 Å². The highest BCUT2D eigenvalue weighted by atomic mass is 19.1. The van der Waals surface area contributed by atoms with Crippen molar-refractivity contribution in [3.8, 4) is 0 Å². The van der Waals surface area contributed by atoms with E-state index in [1.165, 1.54) is 12.1 Å². The number of halogens is 1. The number of nitrogens with zero attached hydrogens (tertiary/aromatic N) is 3. The van der Waals surface area contributed by atoms with Crippen molar-refractivity contribution in [2.75, 3.05) is 36.0 Å². The molecule has 0 saturated carbocycles. The summed E-state index contributed by atoms with van der Waals surface area (Å²) in [4.78, 5) is 22.6. The van der Waals surface area contributed by atoms with Gasteiger partial charge in [-0.2, -0.15) is 0 Å². The maximum atomic E-state index is 13.8. The first kappa shape index (κ1) is 13.6. The minimum absolute atomic E-state index is 0.144. The van der Waals surface area contributed by atoms with Crippen LogP contribution in [0.2, 0.25) is 0 Å². The van der Waals surface area contributed by atoms with Crippen LogP contribution in [0, 0.1) is 12.7 Å². The van der Waals surface area contributed by atoms with E-state index in [4.69, 9.17) is 0 Å². The van der Waals surface area contributed by atoms with Gasteiger partial charge < -0.3 is 14.8 Å². The third-order valence-electron chi connectivity index (χ3n) is 3.64. The molecular formula is C15H17FN4O. The predicted octanol–water partition coefficient (Wildman–Crippen LogP) is 1.54. The van der Waals surface area contributed by atoms with Gasteiger partial charge in [0.25, 0.3) is 5.56 Å². The van der Waals surface area contributed by atoms with E-state index in [1.54, 1.807) is 19.1 Å². The quantitative estimate of drug-likeness (QED) is 0.911. The Bertz CT molecular complexity index is 692. The molecule has 0 amide bonds. The number of aromatic amines is 1. The SMILES string of the molecule is Cc1nc(N2CCN(c3ccccc3F)CC2)cc(=O)[nH]1. The molecule has 1 saturated heterocycles. The van der Waals surface area contributed by atoms with Crippen LogP contribution in [0.5, 0.6) is 0 Å². The number of aromatic nitrogens is 2. The number of hydrogen-bond acceptors (Lipinski definition) is 4. The van der Waals surface area contributed by atoms with E-state index >= 15 is 0 Å². The molecule has 1 aliphatic heterocycles. The first-order valence-corrected chi connectivity index (χ1v) is 6.96. The van der Waals surface area contributed by atoms with E-state index in [0.29, 0.717) is 43.5 Å². The highest BCUT2D eigenvalue weighted by Crippen LogP contribution is 2.21. The van der Waals surface area contributed by atoms with Gasteiger partial charge in [0.05, 0.1) is 5.69 Å². The molecule has 1 aromatic carbocycles. The monoisotopic (exact) mass is 288 g/mol. The molecule has 0 bridgehead atoms. The second kappa shape index (κ2) is 5.55. The largest absolute Gasteiger partial charge is 0.366 e. The zero-order valence-electron chi connectivity index (χ0n) is 11.8. The van der Waals surface area contributed by atoms with E-state index in [-0.39, 0.29) is 11.4 Å². The Balaban J connectivity index is 1.73. The second-order valence-corrected chi connectivity index (χ2v) is 5.11. The van der Waals surface area contributed by atoms with E-state index in [2.05, 4.69) is 14.9 Å². The van der Waals surface area contributed by atoms with Crippen molar-refractivity contribution in [2.45, 2.75) is 6.92 Å². The van der Waals surface area contributed by atoms with Crippen molar-refractivity contribution in [1.82, 2.24) is 9.97 Å².